The summed E-state index contributed by atoms with van der Waals surface area (Å²) >= 11 is 0. The van der Waals surface area contributed by atoms with E-state index in [0.29, 0.717) is 0 Å². The van der Waals surface area contributed by atoms with Crippen LogP contribution >= 0.6 is 0 Å². The predicted molar refractivity (Wildman–Crippen MR) is 195 cm³/mol. The van der Waals surface area contributed by atoms with Gasteiger partial charge in [-0.05, 0) is 84.7 Å². The van der Waals surface area contributed by atoms with Gasteiger partial charge in [0.05, 0.1) is 0 Å². The molecule has 0 aliphatic carbocycles. The summed E-state index contributed by atoms with van der Waals surface area (Å²) in [4.78, 5) is 0. The molecule has 1 aromatic heterocycles. The van der Waals surface area contributed by atoms with Crippen molar-refractivity contribution in [3.8, 4) is 44.9 Å². The lowest BCUT2D eigenvalue weighted by Gasteiger charge is -2.11. The van der Waals surface area contributed by atoms with Crippen LogP contribution in [0.3, 0.4) is 0 Å². The molecule has 0 unspecified atom stereocenters. The molecule has 1 nitrogen and oxygen atoms in total. The average molecular weight is 597 g/mol. The van der Waals surface area contributed by atoms with E-state index in [0.717, 1.165) is 48.3 Å². The van der Waals surface area contributed by atoms with E-state index in [1.54, 1.807) is 0 Å². The van der Waals surface area contributed by atoms with Gasteiger partial charge in [0.1, 0.15) is 11.5 Å². The van der Waals surface area contributed by atoms with Gasteiger partial charge in [0.25, 0.3) is 0 Å². The van der Waals surface area contributed by atoms with Crippen LogP contribution in [0.2, 0.25) is 0 Å². The van der Waals surface area contributed by atoms with Gasteiger partial charge < -0.3 is 4.42 Å². The zero-order chi connectivity index (χ0) is 31.4. The van der Waals surface area contributed by atoms with Crippen LogP contribution in [0.4, 0.5) is 0 Å². The highest BCUT2D eigenvalue weighted by Crippen LogP contribution is 2.48. The lowest BCUT2D eigenvalue weighted by Crippen LogP contribution is -1.90. The first-order chi connectivity index (χ1) is 22.1. The Kier molecular flexibility index (Phi) is 11.9. The number of rotatable bonds is 16. The number of furan rings is 1. The minimum atomic E-state index is 0.952. The van der Waals surface area contributed by atoms with Gasteiger partial charge in [0.15, 0.2) is 0 Å². The summed E-state index contributed by atoms with van der Waals surface area (Å²) in [5.41, 5.74) is 12.6. The van der Waals surface area contributed by atoms with Gasteiger partial charge in [0.2, 0.25) is 0 Å². The average Bonchev–Trinajstić information content (AvgIpc) is 3.49. The summed E-state index contributed by atoms with van der Waals surface area (Å²) in [6.45, 7) is 9.04. The summed E-state index contributed by atoms with van der Waals surface area (Å²) < 4.78 is 7.06. The molecule has 45 heavy (non-hydrogen) atoms. The zero-order valence-corrected chi connectivity index (χ0v) is 28.1. The van der Waals surface area contributed by atoms with Crippen LogP contribution in [0.25, 0.3) is 44.9 Å². The van der Waals surface area contributed by atoms with Crippen molar-refractivity contribution in [2.24, 2.45) is 0 Å². The minimum Gasteiger partial charge on any atom is -0.455 e. The molecular weight excluding hydrogens is 544 g/mol. The monoisotopic (exact) mass is 596 g/mol. The summed E-state index contributed by atoms with van der Waals surface area (Å²) in [7, 11) is 0. The maximum Gasteiger partial charge on any atom is 0.143 e. The van der Waals surface area contributed by atoms with Gasteiger partial charge in [-0.1, -0.05) is 150 Å². The highest BCUT2D eigenvalue weighted by atomic mass is 16.3. The van der Waals surface area contributed by atoms with Crippen LogP contribution in [0.15, 0.2) is 101 Å². The standard InChI is InChI=1S/C44H52O/c1-5-9-13-33-17-25-37(26-18-33)41-42(38-27-19-34(20-28-38)14-10-6-2)44(40-31-23-36(24-32-40)16-12-8-4)45-43(41)39-29-21-35(22-30-39)15-11-7-3/h17-32H,5-16H2,1-4H3. The Hall–Kier alpha value is -3.84. The normalized spacial score (nSPS) is 11.3. The molecule has 0 fully saturated rings. The number of hydrogen-bond acceptors (Lipinski definition) is 1. The second kappa shape index (κ2) is 16.5. The molecule has 1 heteroatoms. The van der Waals surface area contributed by atoms with Crippen molar-refractivity contribution < 1.29 is 4.42 Å². The van der Waals surface area contributed by atoms with E-state index < -0.39 is 0 Å². The van der Waals surface area contributed by atoms with Gasteiger partial charge in [0, 0.05) is 22.3 Å². The van der Waals surface area contributed by atoms with E-state index in [1.165, 1.54) is 95.9 Å². The first kappa shape index (κ1) is 32.6. The number of aryl methyl sites for hydroxylation is 4. The lowest BCUT2D eigenvalue weighted by molar-refractivity contribution is 0.598. The lowest BCUT2D eigenvalue weighted by atomic mass is 9.90. The van der Waals surface area contributed by atoms with Crippen LogP contribution in [-0.2, 0) is 25.7 Å². The second-order valence-electron chi connectivity index (χ2n) is 12.7. The third kappa shape index (κ3) is 8.26. The van der Waals surface area contributed by atoms with Crippen molar-refractivity contribution in [3.63, 3.8) is 0 Å². The smallest absolute Gasteiger partial charge is 0.143 e. The molecule has 0 atom stereocenters. The van der Waals surface area contributed by atoms with Gasteiger partial charge >= 0.3 is 0 Å². The highest BCUT2D eigenvalue weighted by molar-refractivity contribution is 5.99. The fourth-order valence-corrected chi connectivity index (χ4v) is 6.23. The molecular formula is C44H52O. The van der Waals surface area contributed by atoms with Crippen molar-refractivity contribution in [3.05, 3.63) is 119 Å². The summed E-state index contributed by atoms with van der Waals surface area (Å²) in [5.74, 6) is 1.90. The van der Waals surface area contributed by atoms with E-state index in [4.69, 9.17) is 4.42 Å². The van der Waals surface area contributed by atoms with Gasteiger partial charge in [-0.3, -0.25) is 0 Å². The van der Waals surface area contributed by atoms with Crippen molar-refractivity contribution in [1.82, 2.24) is 0 Å². The fraction of sp³-hybridized carbons (Fsp3) is 0.364. The molecule has 0 saturated carbocycles. The molecule has 0 aliphatic rings. The SMILES string of the molecule is CCCCc1ccc(-c2oc(-c3ccc(CCCC)cc3)c(-c3ccc(CCCC)cc3)c2-c2ccc(CCCC)cc2)cc1. The first-order valence-electron chi connectivity index (χ1n) is 17.7. The maximum atomic E-state index is 7.06. The molecule has 4 aromatic carbocycles. The fourth-order valence-electron chi connectivity index (χ4n) is 6.23. The Morgan fingerprint density at radius 3 is 0.822 bits per heavy atom. The first-order valence-corrected chi connectivity index (χ1v) is 17.7. The van der Waals surface area contributed by atoms with Crippen molar-refractivity contribution >= 4 is 0 Å². The topological polar surface area (TPSA) is 13.1 Å². The molecule has 0 spiro atoms. The van der Waals surface area contributed by atoms with Crippen molar-refractivity contribution in [2.75, 3.05) is 0 Å². The number of unbranched alkanes of at least 4 members (excludes halogenated alkanes) is 4. The summed E-state index contributed by atoms with van der Waals surface area (Å²) in [5, 5.41) is 0. The summed E-state index contributed by atoms with van der Waals surface area (Å²) in [6, 6.07) is 36.7. The Balaban J connectivity index is 1.69. The van der Waals surface area contributed by atoms with Crippen LogP contribution in [0, 0.1) is 0 Å². The predicted octanol–water partition coefficient (Wildman–Crippen LogP) is 13.3. The van der Waals surface area contributed by atoms with E-state index in [1.807, 2.05) is 0 Å². The maximum absolute atomic E-state index is 7.06. The van der Waals surface area contributed by atoms with Gasteiger partial charge in [-0.25, -0.2) is 0 Å². The Bertz CT molecular complexity index is 1460. The van der Waals surface area contributed by atoms with E-state index in [-0.39, 0.29) is 0 Å². The van der Waals surface area contributed by atoms with Crippen molar-refractivity contribution in [1.29, 1.82) is 0 Å². The highest BCUT2D eigenvalue weighted by Gasteiger charge is 2.25. The third-order valence-corrected chi connectivity index (χ3v) is 9.10. The molecule has 5 aromatic rings. The van der Waals surface area contributed by atoms with Crippen LogP contribution in [-0.4, -0.2) is 0 Å². The summed E-state index contributed by atoms with van der Waals surface area (Å²) in [6.07, 6.45) is 14.2. The molecule has 5 rings (SSSR count). The van der Waals surface area contributed by atoms with Crippen LogP contribution < -0.4 is 0 Å². The molecule has 0 radical (unpaired) electrons. The molecule has 0 aliphatic heterocycles. The molecule has 0 N–H and O–H groups in total. The zero-order valence-electron chi connectivity index (χ0n) is 28.1. The molecule has 1 heterocycles. The van der Waals surface area contributed by atoms with Gasteiger partial charge in [-0.15, -0.1) is 0 Å². The Morgan fingerprint density at radius 1 is 0.333 bits per heavy atom. The third-order valence-electron chi connectivity index (χ3n) is 9.10. The van der Waals surface area contributed by atoms with Crippen LogP contribution in [0.5, 0.6) is 0 Å². The molecule has 0 amide bonds. The quantitative estimate of drug-likeness (QED) is 0.110. The Morgan fingerprint density at radius 2 is 0.578 bits per heavy atom. The number of hydrogen-bond donors (Lipinski definition) is 0. The largest absolute Gasteiger partial charge is 0.455 e. The van der Waals surface area contributed by atoms with Crippen molar-refractivity contribution in [2.45, 2.75) is 105 Å². The van der Waals surface area contributed by atoms with Gasteiger partial charge in [-0.2, -0.15) is 0 Å². The Labute approximate surface area is 272 Å². The van der Waals surface area contributed by atoms with E-state index in [9.17, 15) is 0 Å². The van der Waals surface area contributed by atoms with E-state index in [2.05, 4.69) is 125 Å². The van der Waals surface area contributed by atoms with E-state index >= 15 is 0 Å². The minimum absolute atomic E-state index is 0.952. The number of benzene rings is 4. The molecule has 0 saturated heterocycles. The van der Waals surface area contributed by atoms with Crippen LogP contribution in [0.1, 0.15) is 101 Å². The second-order valence-corrected chi connectivity index (χ2v) is 12.7. The molecule has 234 valence electrons. The molecule has 0 bridgehead atoms.